The molecule has 1 saturated heterocycles. The molecule has 1 rings (SSSR count). The summed E-state index contributed by atoms with van der Waals surface area (Å²) >= 11 is 0. The van der Waals surface area contributed by atoms with E-state index in [1.165, 1.54) is 6.42 Å². The maximum absolute atomic E-state index is 11.0. The molecule has 0 aromatic rings. The molecule has 1 heterocycles. The Labute approximate surface area is 92.2 Å². The molecule has 1 fully saturated rings. The third-order valence-electron chi connectivity index (χ3n) is 3.04. The van der Waals surface area contributed by atoms with Crippen molar-refractivity contribution >= 4 is 5.91 Å². The zero-order chi connectivity index (χ0) is 11.3. The van der Waals surface area contributed by atoms with Crippen LogP contribution in [0, 0.1) is 5.92 Å². The molecule has 1 amide bonds. The molecule has 1 aliphatic rings. The Bertz CT molecular complexity index is 208. The van der Waals surface area contributed by atoms with Crippen molar-refractivity contribution in [3.05, 3.63) is 0 Å². The summed E-state index contributed by atoms with van der Waals surface area (Å²) in [5, 5.41) is 3.01. The molecule has 4 nitrogen and oxygen atoms in total. The van der Waals surface area contributed by atoms with Crippen LogP contribution in [0.3, 0.4) is 0 Å². The van der Waals surface area contributed by atoms with Crippen LogP contribution in [0.1, 0.15) is 26.7 Å². The maximum Gasteiger partial charge on any atom is 0.217 e. The quantitative estimate of drug-likeness (QED) is 0.700. The number of hydrogen-bond acceptors (Lipinski definition) is 3. The number of nitrogens with two attached hydrogens (primary N) is 1. The van der Waals surface area contributed by atoms with Gasteiger partial charge in [0.1, 0.15) is 0 Å². The van der Waals surface area contributed by atoms with Crippen LogP contribution in [0.5, 0.6) is 0 Å². The number of nitrogens with zero attached hydrogens (tertiary/aromatic N) is 1. The summed E-state index contributed by atoms with van der Waals surface area (Å²) in [4.78, 5) is 13.4. The van der Waals surface area contributed by atoms with Gasteiger partial charge in [-0.15, -0.1) is 0 Å². The predicted molar refractivity (Wildman–Crippen MR) is 61.5 cm³/mol. The first-order valence-corrected chi connectivity index (χ1v) is 5.85. The van der Waals surface area contributed by atoms with E-state index < -0.39 is 0 Å². The minimum absolute atomic E-state index is 0.0736. The highest BCUT2D eigenvalue weighted by Gasteiger charge is 2.25. The van der Waals surface area contributed by atoms with Crippen molar-refractivity contribution in [3.63, 3.8) is 0 Å². The predicted octanol–water partition coefficient (Wildman–Crippen LogP) is 0.182. The van der Waals surface area contributed by atoms with Crippen molar-refractivity contribution in [2.24, 2.45) is 11.7 Å². The minimum Gasteiger partial charge on any atom is -0.352 e. The molecule has 0 aromatic carbocycles. The summed E-state index contributed by atoms with van der Waals surface area (Å²) in [5.74, 6) is 0.770. The monoisotopic (exact) mass is 213 g/mol. The fourth-order valence-corrected chi connectivity index (χ4v) is 2.36. The number of nitrogens with one attached hydrogen (secondary N) is 1. The lowest BCUT2D eigenvalue weighted by molar-refractivity contribution is -0.120. The lowest BCUT2D eigenvalue weighted by atomic mass is 9.92. The first-order valence-electron chi connectivity index (χ1n) is 5.85. The van der Waals surface area contributed by atoms with Gasteiger partial charge in [0.05, 0.1) is 0 Å². The van der Waals surface area contributed by atoms with Gasteiger partial charge in [-0.3, -0.25) is 9.69 Å². The van der Waals surface area contributed by atoms with E-state index in [-0.39, 0.29) is 5.91 Å². The lowest BCUT2D eigenvalue weighted by Crippen LogP contribution is -2.51. The second-order valence-corrected chi connectivity index (χ2v) is 4.46. The van der Waals surface area contributed by atoms with Crippen molar-refractivity contribution in [3.8, 4) is 0 Å². The Hall–Kier alpha value is -0.610. The Morgan fingerprint density at radius 2 is 2.27 bits per heavy atom. The van der Waals surface area contributed by atoms with Crippen LogP contribution in [-0.2, 0) is 4.79 Å². The Morgan fingerprint density at radius 1 is 1.53 bits per heavy atom. The number of likely N-dealkylation sites (tertiary alicyclic amines) is 1. The van der Waals surface area contributed by atoms with Crippen molar-refractivity contribution in [2.45, 2.75) is 32.7 Å². The van der Waals surface area contributed by atoms with Gasteiger partial charge < -0.3 is 11.1 Å². The smallest absolute Gasteiger partial charge is 0.217 e. The molecule has 0 aliphatic carbocycles. The number of amides is 1. The summed E-state index contributed by atoms with van der Waals surface area (Å²) in [6.45, 7) is 7.51. The highest BCUT2D eigenvalue weighted by atomic mass is 16.1. The molecule has 0 radical (unpaired) electrons. The molecule has 3 N–H and O–H groups in total. The van der Waals surface area contributed by atoms with Crippen molar-refractivity contribution in [2.75, 3.05) is 26.2 Å². The van der Waals surface area contributed by atoms with Crippen molar-refractivity contribution in [1.29, 1.82) is 0 Å². The van der Waals surface area contributed by atoms with E-state index >= 15 is 0 Å². The summed E-state index contributed by atoms with van der Waals surface area (Å²) in [6.07, 6.45) is 2.29. The van der Waals surface area contributed by atoms with E-state index in [0.717, 1.165) is 26.1 Å². The van der Waals surface area contributed by atoms with E-state index in [0.29, 0.717) is 18.5 Å². The Morgan fingerprint density at radius 3 is 2.80 bits per heavy atom. The molecular formula is C11H23N3O. The first-order chi connectivity index (χ1) is 7.15. The molecular weight excluding hydrogens is 190 g/mol. The van der Waals surface area contributed by atoms with Gasteiger partial charge in [0.2, 0.25) is 5.91 Å². The van der Waals surface area contributed by atoms with E-state index in [9.17, 15) is 4.79 Å². The zero-order valence-electron chi connectivity index (χ0n) is 9.83. The van der Waals surface area contributed by atoms with Crippen LogP contribution in [0.15, 0.2) is 0 Å². The molecule has 88 valence electrons. The van der Waals surface area contributed by atoms with Crippen molar-refractivity contribution in [1.82, 2.24) is 10.2 Å². The van der Waals surface area contributed by atoms with Gasteiger partial charge in [-0.25, -0.2) is 0 Å². The highest BCUT2D eigenvalue weighted by molar-refractivity contribution is 5.73. The van der Waals surface area contributed by atoms with Gasteiger partial charge in [-0.2, -0.15) is 0 Å². The van der Waals surface area contributed by atoms with Gasteiger partial charge >= 0.3 is 0 Å². The van der Waals surface area contributed by atoms with Gasteiger partial charge in [0.15, 0.2) is 0 Å². The molecule has 2 atom stereocenters. The number of piperidine rings is 1. The largest absolute Gasteiger partial charge is 0.352 e. The van der Waals surface area contributed by atoms with Gasteiger partial charge in [0, 0.05) is 39.1 Å². The van der Waals surface area contributed by atoms with Gasteiger partial charge in [-0.1, -0.05) is 13.3 Å². The summed E-state index contributed by atoms with van der Waals surface area (Å²) in [6, 6.07) is 0.313. The van der Waals surface area contributed by atoms with E-state index in [4.69, 9.17) is 5.73 Å². The lowest BCUT2D eigenvalue weighted by Gasteiger charge is -2.37. The second-order valence-electron chi connectivity index (χ2n) is 4.46. The topological polar surface area (TPSA) is 58.4 Å². The van der Waals surface area contributed by atoms with E-state index in [2.05, 4.69) is 17.1 Å². The first kappa shape index (κ1) is 12.5. The number of carbonyl (C=O) groups is 1. The van der Waals surface area contributed by atoms with Crippen LogP contribution in [0.25, 0.3) is 0 Å². The third-order valence-corrected chi connectivity index (χ3v) is 3.04. The number of hydrogen-bond donors (Lipinski definition) is 2. The van der Waals surface area contributed by atoms with Crippen molar-refractivity contribution < 1.29 is 4.79 Å². The minimum atomic E-state index is 0.0736. The van der Waals surface area contributed by atoms with Crippen LogP contribution < -0.4 is 11.1 Å². The fourth-order valence-electron chi connectivity index (χ4n) is 2.36. The van der Waals surface area contributed by atoms with E-state index in [1.54, 1.807) is 6.92 Å². The molecule has 0 bridgehead atoms. The molecule has 0 saturated carbocycles. The van der Waals surface area contributed by atoms with Crippen LogP contribution in [-0.4, -0.2) is 43.0 Å². The molecule has 2 unspecified atom stereocenters. The normalized spacial score (nSPS) is 27.7. The average Bonchev–Trinajstić information content (AvgIpc) is 2.16. The van der Waals surface area contributed by atoms with Gasteiger partial charge in [0.25, 0.3) is 0 Å². The van der Waals surface area contributed by atoms with Gasteiger partial charge in [-0.05, 0) is 12.3 Å². The fraction of sp³-hybridized carbons (Fsp3) is 0.909. The van der Waals surface area contributed by atoms with E-state index in [1.807, 2.05) is 0 Å². The van der Waals surface area contributed by atoms with Crippen LogP contribution >= 0.6 is 0 Å². The SMILES string of the molecule is CCC1CC(NC(C)=O)CN(CCN)C1. The highest BCUT2D eigenvalue weighted by Crippen LogP contribution is 2.19. The maximum atomic E-state index is 11.0. The van der Waals surface area contributed by atoms with Crippen LogP contribution in [0.2, 0.25) is 0 Å². The molecule has 0 aromatic heterocycles. The third kappa shape index (κ3) is 4.18. The molecule has 0 spiro atoms. The Balaban J connectivity index is 2.46. The van der Waals surface area contributed by atoms with Crippen LogP contribution in [0.4, 0.5) is 0 Å². The average molecular weight is 213 g/mol. The summed E-state index contributed by atoms with van der Waals surface area (Å²) in [5.41, 5.74) is 5.56. The summed E-state index contributed by atoms with van der Waals surface area (Å²) < 4.78 is 0. The second kappa shape index (κ2) is 6.08. The number of carbonyl (C=O) groups excluding carboxylic acids is 1. The molecule has 1 aliphatic heterocycles. The zero-order valence-corrected chi connectivity index (χ0v) is 9.83. The summed E-state index contributed by atoms with van der Waals surface area (Å²) in [7, 11) is 0. The molecule has 15 heavy (non-hydrogen) atoms. The Kier molecular flexibility index (Phi) is 5.05. The standard InChI is InChI=1S/C11H23N3O/c1-3-10-6-11(13-9(2)15)8-14(7-10)5-4-12/h10-11H,3-8,12H2,1-2H3,(H,13,15). The molecule has 4 heteroatoms. The number of rotatable bonds is 4.